The molecule has 0 bridgehead atoms. The van der Waals surface area contributed by atoms with E-state index in [1.165, 1.54) is 334 Å². The fourth-order valence-corrected chi connectivity index (χ4v) is 32.8. The minimum absolute atomic E-state index is 0.516. The van der Waals surface area contributed by atoms with Crippen molar-refractivity contribution < 1.29 is 17.7 Å². The summed E-state index contributed by atoms with van der Waals surface area (Å²) in [6.45, 7) is 15.4. The van der Waals surface area contributed by atoms with Crippen LogP contribution in [0.4, 0.5) is 0 Å². The van der Waals surface area contributed by atoms with Gasteiger partial charge in [-0.15, -0.1) is 0 Å². The normalized spacial score (nSPS) is 14.1. The van der Waals surface area contributed by atoms with E-state index < -0.39 is 21.5 Å². The van der Waals surface area contributed by atoms with Crippen LogP contribution in [0.1, 0.15) is 409 Å². The predicted octanol–water partition coefficient (Wildman–Crippen LogP) is 28.3. The van der Waals surface area contributed by atoms with Gasteiger partial charge in [0.05, 0.1) is 0 Å². The molecule has 7 heteroatoms. The molecule has 0 saturated carbocycles. The topological polar surface area (TPSA) is 44.8 Å². The third-order valence-corrected chi connectivity index (χ3v) is 36.4. The molecule has 0 fully saturated rings. The summed E-state index contributed by atoms with van der Waals surface area (Å²) >= 11 is 0. The van der Waals surface area contributed by atoms with Crippen LogP contribution < -0.4 is 0 Å². The van der Waals surface area contributed by atoms with Crippen LogP contribution in [-0.4, -0.2) is 55.9 Å². The zero-order chi connectivity index (χ0) is 58.1. The molecule has 0 heterocycles. The van der Waals surface area contributed by atoms with Crippen molar-refractivity contribution >= 4 is 21.5 Å². The molecule has 0 unspecified atom stereocenters. The minimum atomic E-state index is -4.04. The molecule has 79 heavy (non-hydrogen) atoms. The standard InChI is InChI=1S/C72H153O4P3/c1-10-19-28-37-40-42-44-46-48-50-53-62-71-78(65-56-31-22-13-4,66-57-32-23-14-5,67-58-33-24-15-6)75-77(73,74-64-55-52-39-30-21-12-3)76-79(68-59-34-25-16-7,69-60-35-26-17-8,70-61-36-27-18-9)72-63-54-51-49-47-45-43-41-38-29-20-11-2/h10-72H2,1-9H3. The minimum Gasteiger partial charge on any atom is -0.0654 e. The van der Waals surface area contributed by atoms with Crippen LogP contribution in [0.3, 0.4) is 0 Å². The number of unbranched alkanes of at least 4 members (excludes halogenated alkanes) is 45. The Hall–Kier alpha value is 0.970. The van der Waals surface area contributed by atoms with E-state index in [9.17, 15) is 0 Å². The monoisotopic (exact) mass is 1180 g/mol. The first-order valence-electron chi connectivity index (χ1n) is 37.3. The molecule has 0 aromatic rings. The van der Waals surface area contributed by atoms with Crippen LogP contribution >= 0.6 is 21.5 Å². The Morgan fingerprint density at radius 1 is 0.203 bits per heavy atom. The molecule has 0 spiro atoms. The van der Waals surface area contributed by atoms with E-state index in [0.717, 1.165) is 62.1 Å². The SMILES string of the molecule is CCCCCCCCCCCCCCP(CCCCCC)(CCCCCC)(CCCCCC)OP(=O)(OCCCCCCCC)OP(CCCCCC)(CCCCCC)(CCCCCC)CCCCCCCCCCCCCC. The number of hydrogen-bond donors (Lipinski definition) is 0. The molecule has 0 N–H and O–H groups in total. The quantitative estimate of drug-likeness (QED) is 0.0450. The summed E-state index contributed by atoms with van der Waals surface area (Å²) in [7, 11) is -4.04. The van der Waals surface area contributed by atoms with E-state index >= 15 is 4.57 Å². The second kappa shape index (κ2) is 55.5. The summed E-state index contributed by atoms with van der Waals surface area (Å²) in [5, 5.41) is 0. The average Bonchev–Trinajstić information content (AvgIpc) is 3.57. The molecule has 0 saturated heterocycles. The van der Waals surface area contributed by atoms with Gasteiger partial charge in [-0.1, -0.05) is 26.7 Å². The van der Waals surface area contributed by atoms with Gasteiger partial charge < -0.3 is 0 Å². The molecule has 4 nitrogen and oxygen atoms in total. The molecule has 0 aromatic heterocycles. The first-order valence-corrected chi connectivity index (χ1v) is 44.5. The van der Waals surface area contributed by atoms with Crippen LogP contribution in [0.25, 0.3) is 0 Å². The maximum atomic E-state index is 17.6. The van der Waals surface area contributed by atoms with E-state index in [1.54, 1.807) is 0 Å². The number of phosphoric acid groups is 1. The fraction of sp³-hybridized carbons (Fsp3) is 1.00. The number of rotatable bonds is 68. The van der Waals surface area contributed by atoms with Crippen LogP contribution in [0.5, 0.6) is 0 Å². The first kappa shape index (κ1) is 80.0. The Morgan fingerprint density at radius 2 is 0.342 bits per heavy atom. The molecular formula is C72H153O4P3. The molecule has 0 aliphatic rings. The van der Waals surface area contributed by atoms with Gasteiger partial charge in [-0.05, 0) is 0 Å². The van der Waals surface area contributed by atoms with Gasteiger partial charge in [-0.25, -0.2) is 0 Å². The van der Waals surface area contributed by atoms with Crippen LogP contribution in [0, 0.1) is 0 Å². The van der Waals surface area contributed by atoms with Crippen LogP contribution in [0.15, 0.2) is 0 Å². The molecule has 0 radical (unpaired) electrons. The summed E-state index contributed by atoms with van der Waals surface area (Å²) in [5.41, 5.74) is 0. The molecule has 0 amide bonds. The van der Waals surface area contributed by atoms with Gasteiger partial charge in [0, 0.05) is 0 Å². The van der Waals surface area contributed by atoms with E-state index in [-0.39, 0.29) is 0 Å². The Bertz CT molecular complexity index is 1140. The molecule has 0 aliphatic carbocycles. The zero-order valence-electron chi connectivity index (χ0n) is 56.5. The van der Waals surface area contributed by atoms with E-state index in [1.807, 2.05) is 0 Å². The maximum absolute atomic E-state index is 17.6. The zero-order valence-corrected chi connectivity index (χ0v) is 59.2. The van der Waals surface area contributed by atoms with Crippen LogP contribution in [0.2, 0.25) is 0 Å². The van der Waals surface area contributed by atoms with Gasteiger partial charge in [-0.3, -0.25) is 0 Å². The Labute approximate surface area is 501 Å². The third-order valence-electron chi connectivity index (χ3n) is 19.0. The molecule has 0 rings (SSSR count). The van der Waals surface area contributed by atoms with Crippen molar-refractivity contribution in [3.05, 3.63) is 0 Å². The van der Waals surface area contributed by atoms with Crippen molar-refractivity contribution in [2.75, 3.05) is 55.9 Å². The Balaban J connectivity index is 7.98. The second-order valence-corrected chi connectivity index (χ2v) is 40.3. The smallest absolute Gasteiger partial charge is 0.0654 e. The molecule has 0 atom stereocenters. The molecular weight excluding hydrogens is 1020 g/mol. The Kier molecular flexibility index (Phi) is 56.2. The van der Waals surface area contributed by atoms with E-state index in [4.69, 9.17) is 13.1 Å². The summed E-state index contributed by atoms with van der Waals surface area (Å²) in [6, 6.07) is 0. The third kappa shape index (κ3) is 42.5. The first-order chi connectivity index (χ1) is 38.6. The van der Waals surface area contributed by atoms with Crippen molar-refractivity contribution in [2.24, 2.45) is 0 Å². The van der Waals surface area contributed by atoms with Crippen molar-refractivity contribution in [3.8, 4) is 0 Å². The molecule has 480 valence electrons. The van der Waals surface area contributed by atoms with E-state index in [2.05, 4.69) is 62.3 Å². The van der Waals surface area contributed by atoms with Gasteiger partial charge in [0.1, 0.15) is 0 Å². The summed E-state index contributed by atoms with van der Waals surface area (Å²) in [6.07, 6.45) is 78.9. The van der Waals surface area contributed by atoms with Gasteiger partial charge in [0.25, 0.3) is 0 Å². The van der Waals surface area contributed by atoms with Crippen LogP contribution in [-0.2, 0) is 17.7 Å². The predicted molar refractivity (Wildman–Crippen MR) is 369 cm³/mol. The molecule has 0 aliphatic heterocycles. The van der Waals surface area contributed by atoms with Crippen molar-refractivity contribution in [1.29, 1.82) is 0 Å². The van der Waals surface area contributed by atoms with Gasteiger partial charge in [0.15, 0.2) is 0 Å². The molecule has 0 aromatic carbocycles. The fourth-order valence-electron chi connectivity index (χ4n) is 13.7. The van der Waals surface area contributed by atoms with E-state index in [0.29, 0.717) is 6.61 Å². The second-order valence-electron chi connectivity index (χ2n) is 26.9. The van der Waals surface area contributed by atoms with Crippen molar-refractivity contribution in [3.63, 3.8) is 0 Å². The summed E-state index contributed by atoms with van der Waals surface area (Å²) in [5.74, 6) is 0. The summed E-state index contributed by atoms with van der Waals surface area (Å²) in [4.78, 5) is 0. The van der Waals surface area contributed by atoms with Crippen molar-refractivity contribution in [1.82, 2.24) is 0 Å². The average molecular weight is 1180 g/mol. The Morgan fingerprint density at radius 3 is 0.519 bits per heavy atom. The van der Waals surface area contributed by atoms with Crippen molar-refractivity contribution in [2.45, 2.75) is 409 Å². The van der Waals surface area contributed by atoms with Gasteiger partial charge in [0.2, 0.25) is 0 Å². The summed E-state index contributed by atoms with van der Waals surface area (Å²) < 4.78 is 41.8. The number of hydrogen-bond acceptors (Lipinski definition) is 4. The van der Waals surface area contributed by atoms with Gasteiger partial charge >= 0.3 is 477 Å². The van der Waals surface area contributed by atoms with Gasteiger partial charge in [-0.2, -0.15) is 0 Å².